The van der Waals surface area contributed by atoms with Crippen molar-refractivity contribution < 1.29 is 0 Å². The van der Waals surface area contributed by atoms with Crippen LogP contribution >= 0.6 is 0 Å². The quantitative estimate of drug-likeness (QED) is 0.427. The van der Waals surface area contributed by atoms with Crippen molar-refractivity contribution in [1.82, 2.24) is 5.32 Å². The lowest BCUT2D eigenvalue weighted by atomic mass is 9.88. The Hall–Kier alpha value is -0.710. The zero-order valence-corrected chi connectivity index (χ0v) is 6.52. The molecule has 0 radical (unpaired) electrons. The van der Waals surface area contributed by atoms with Gasteiger partial charge in [-0.25, -0.2) is 0 Å². The maximum atomic E-state index is 8.24. The Balaban J connectivity index is 3.76. The van der Waals surface area contributed by atoms with E-state index in [0.717, 1.165) is 0 Å². The minimum Gasteiger partial charge on any atom is -0.321 e. The standard InChI is InChI=1S/C7H14N2/c1-6(9-5-8)7(2,3)4/h6,9H,1-4H3/t6-/m1/s1. The highest BCUT2D eigenvalue weighted by molar-refractivity contribution is 4.81. The maximum absolute atomic E-state index is 8.24. The van der Waals surface area contributed by atoms with Gasteiger partial charge in [0.05, 0.1) is 0 Å². The monoisotopic (exact) mass is 126 g/mol. The molecule has 0 aromatic heterocycles. The van der Waals surface area contributed by atoms with Crippen molar-refractivity contribution in [2.75, 3.05) is 0 Å². The minimum atomic E-state index is 0.176. The molecule has 0 amide bonds. The van der Waals surface area contributed by atoms with E-state index in [1.807, 2.05) is 13.1 Å². The molecule has 0 saturated heterocycles. The van der Waals surface area contributed by atoms with Crippen molar-refractivity contribution in [1.29, 1.82) is 5.26 Å². The molecule has 0 spiro atoms. The van der Waals surface area contributed by atoms with Gasteiger partial charge in [0.2, 0.25) is 0 Å². The molecule has 0 aliphatic carbocycles. The molecular weight excluding hydrogens is 112 g/mol. The van der Waals surface area contributed by atoms with Gasteiger partial charge in [-0.05, 0) is 12.3 Å². The van der Waals surface area contributed by atoms with Crippen LogP contribution in [0.25, 0.3) is 0 Å². The Labute approximate surface area is 56.9 Å². The van der Waals surface area contributed by atoms with Crippen LogP contribution in [0.15, 0.2) is 0 Å². The summed E-state index contributed by atoms with van der Waals surface area (Å²) in [6, 6.07) is 0.252. The van der Waals surface area contributed by atoms with Crippen LogP contribution in [-0.2, 0) is 0 Å². The molecule has 0 aromatic carbocycles. The number of nitriles is 1. The van der Waals surface area contributed by atoms with Gasteiger partial charge in [-0.1, -0.05) is 20.8 Å². The van der Waals surface area contributed by atoms with E-state index in [0.29, 0.717) is 0 Å². The van der Waals surface area contributed by atoms with Crippen LogP contribution in [0.2, 0.25) is 0 Å². The highest BCUT2D eigenvalue weighted by Gasteiger charge is 2.18. The van der Waals surface area contributed by atoms with E-state index >= 15 is 0 Å². The van der Waals surface area contributed by atoms with Crippen LogP contribution in [0, 0.1) is 16.9 Å². The Kier molecular flexibility index (Phi) is 2.51. The Bertz CT molecular complexity index is 116. The Morgan fingerprint density at radius 3 is 2.00 bits per heavy atom. The van der Waals surface area contributed by atoms with Crippen molar-refractivity contribution in [3.05, 3.63) is 0 Å². The fourth-order valence-electron chi connectivity index (χ4n) is 0.313. The van der Waals surface area contributed by atoms with Crippen LogP contribution in [0.3, 0.4) is 0 Å². The van der Waals surface area contributed by atoms with Gasteiger partial charge in [-0.2, -0.15) is 5.26 Å². The lowest BCUT2D eigenvalue weighted by Crippen LogP contribution is -2.34. The number of hydrogen-bond donors (Lipinski definition) is 1. The summed E-state index contributed by atoms with van der Waals surface area (Å²) in [5, 5.41) is 10.9. The number of rotatable bonds is 1. The molecule has 2 heteroatoms. The molecule has 0 bridgehead atoms. The van der Waals surface area contributed by atoms with Crippen molar-refractivity contribution in [2.24, 2.45) is 5.41 Å². The van der Waals surface area contributed by atoms with E-state index in [4.69, 9.17) is 5.26 Å². The average Bonchev–Trinajstić information content (AvgIpc) is 1.64. The van der Waals surface area contributed by atoms with E-state index in [-0.39, 0.29) is 11.5 Å². The molecule has 0 aliphatic rings. The van der Waals surface area contributed by atoms with Gasteiger partial charge in [-0.15, -0.1) is 0 Å². The zero-order chi connectivity index (χ0) is 7.49. The van der Waals surface area contributed by atoms with Crippen LogP contribution in [0.5, 0.6) is 0 Å². The predicted octanol–water partition coefficient (Wildman–Crippen LogP) is 1.49. The van der Waals surface area contributed by atoms with Gasteiger partial charge in [-0.3, -0.25) is 0 Å². The molecule has 52 valence electrons. The van der Waals surface area contributed by atoms with E-state index in [1.54, 1.807) is 0 Å². The minimum absolute atomic E-state index is 0.176. The number of hydrogen-bond acceptors (Lipinski definition) is 2. The second-order valence-corrected chi connectivity index (χ2v) is 3.34. The summed E-state index contributed by atoms with van der Waals surface area (Å²) in [7, 11) is 0. The summed E-state index contributed by atoms with van der Waals surface area (Å²) >= 11 is 0. The molecule has 0 rings (SSSR count). The number of nitrogens with one attached hydrogen (secondary N) is 1. The maximum Gasteiger partial charge on any atom is 0.176 e. The summed E-state index contributed by atoms with van der Waals surface area (Å²) in [5.41, 5.74) is 0.176. The second kappa shape index (κ2) is 2.72. The lowest BCUT2D eigenvalue weighted by Gasteiger charge is -2.25. The van der Waals surface area contributed by atoms with Gasteiger partial charge in [0.15, 0.2) is 6.19 Å². The smallest absolute Gasteiger partial charge is 0.176 e. The van der Waals surface area contributed by atoms with Gasteiger partial charge in [0, 0.05) is 6.04 Å². The molecule has 0 aliphatic heterocycles. The van der Waals surface area contributed by atoms with E-state index in [9.17, 15) is 0 Å². The Morgan fingerprint density at radius 1 is 1.44 bits per heavy atom. The highest BCUT2D eigenvalue weighted by Crippen LogP contribution is 2.17. The van der Waals surface area contributed by atoms with Gasteiger partial charge in [0.1, 0.15) is 0 Å². The van der Waals surface area contributed by atoms with E-state index in [1.165, 1.54) is 0 Å². The first-order chi connectivity index (χ1) is 3.98. The van der Waals surface area contributed by atoms with Gasteiger partial charge < -0.3 is 5.32 Å². The first kappa shape index (κ1) is 8.29. The van der Waals surface area contributed by atoms with Crippen molar-refractivity contribution in [3.63, 3.8) is 0 Å². The normalized spacial score (nSPS) is 14.1. The average molecular weight is 126 g/mol. The summed E-state index contributed by atoms with van der Waals surface area (Å²) < 4.78 is 0. The molecule has 0 heterocycles. The molecule has 0 aromatic rings. The highest BCUT2D eigenvalue weighted by atomic mass is 14.9. The van der Waals surface area contributed by atoms with Crippen LogP contribution in [0.4, 0.5) is 0 Å². The summed E-state index contributed by atoms with van der Waals surface area (Å²) in [6.45, 7) is 8.30. The molecule has 9 heavy (non-hydrogen) atoms. The fraction of sp³-hybridized carbons (Fsp3) is 0.857. The third-order valence-electron chi connectivity index (χ3n) is 1.58. The molecule has 1 N–H and O–H groups in total. The van der Waals surface area contributed by atoms with E-state index < -0.39 is 0 Å². The van der Waals surface area contributed by atoms with Gasteiger partial charge >= 0.3 is 0 Å². The molecule has 0 fully saturated rings. The summed E-state index contributed by atoms with van der Waals surface area (Å²) in [5.74, 6) is 0. The lowest BCUT2D eigenvalue weighted by molar-refractivity contribution is 0.311. The topological polar surface area (TPSA) is 35.8 Å². The van der Waals surface area contributed by atoms with Gasteiger partial charge in [0.25, 0.3) is 0 Å². The first-order valence-electron chi connectivity index (χ1n) is 3.13. The van der Waals surface area contributed by atoms with Crippen LogP contribution in [0.1, 0.15) is 27.7 Å². The second-order valence-electron chi connectivity index (χ2n) is 3.34. The van der Waals surface area contributed by atoms with Crippen molar-refractivity contribution in [3.8, 4) is 6.19 Å². The summed E-state index contributed by atoms with van der Waals surface area (Å²) in [6.07, 6.45) is 1.92. The van der Waals surface area contributed by atoms with Crippen LogP contribution < -0.4 is 5.32 Å². The SMILES string of the molecule is C[C@@H](NC#N)C(C)(C)C. The molecular formula is C7H14N2. The predicted molar refractivity (Wildman–Crippen MR) is 37.7 cm³/mol. The van der Waals surface area contributed by atoms with E-state index in [2.05, 4.69) is 26.1 Å². The zero-order valence-electron chi connectivity index (χ0n) is 6.52. The Morgan fingerprint density at radius 2 is 1.89 bits per heavy atom. The third-order valence-corrected chi connectivity index (χ3v) is 1.58. The van der Waals surface area contributed by atoms with Crippen molar-refractivity contribution in [2.45, 2.75) is 33.7 Å². The molecule has 2 nitrogen and oxygen atoms in total. The van der Waals surface area contributed by atoms with Crippen LogP contribution in [-0.4, -0.2) is 6.04 Å². The number of nitrogens with zero attached hydrogens (tertiary/aromatic N) is 1. The third kappa shape index (κ3) is 2.97. The fourth-order valence-corrected chi connectivity index (χ4v) is 0.313. The molecule has 0 unspecified atom stereocenters. The van der Waals surface area contributed by atoms with Crippen molar-refractivity contribution >= 4 is 0 Å². The summed E-state index contributed by atoms with van der Waals surface area (Å²) in [4.78, 5) is 0. The largest absolute Gasteiger partial charge is 0.321 e. The first-order valence-corrected chi connectivity index (χ1v) is 3.13. The molecule has 1 atom stereocenters. The molecule has 0 saturated carbocycles.